The lowest BCUT2D eigenvalue weighted by Gasteiger charge is -2.25. The summed E-state index contributed by atoms with van der Waals surface area (Å²) in [4.78, 5) is 35.7. The third-order valence-corrected chi connectivity index (χ3v) is 6.45. The van der Waals surface area contributed by atoms with Crippen molar-refractivity contribution in [1.82, 2.24) is 14.9 Å². The van der Waals surface area contributed by atoms with E-state index < -0.39 is 0 Å². The van der Waals surface area contributed by atoms with Gasteiger partial charge in [-0.25, -0.2) is 4.98 Å². The van der Waals surface area contributed by atoms with Gasteiger partial charge < -0.3 is 15.2 Å². The number of H-pyrrole nitrogens is 1. The summed E-state index contributed by atoms with van der Waals surface area (Å²) in [5, 5.41) is 4.64. The van der Waals surface area contributed by atoms with Crippen LogP contribution in [0.25, 0.3) is 10.9 Å². The number of nitrogens with one attached hydrogen (secondary N) is 2. The van der Waals surface area contributed by atoms with Crippen LogP contribution in [-0.4, -0.2) is 33.2 Å². The van der Waals surface area contributed by atoms with Crippen LogP contribution in [-0.2, 0) is 17.8 Å². The zero-order valence-corrected chi connectivity index (χ0v) is 15.8. The standard InChI is InChI=1S/C20H20N4O2S/c1-11-8-13(11)18(25)23-20-22-15-6-7-24(10-17(15)27-20)19(26)16-9-12-4-2-3-5-14(12)21-16/h2-5,9,11,13,21H,6-8,10H2,1H3,(H,22,23,25). The second kappa shape index (κ2) is 6.20. The number of amides is 2. The molecule has 1 aliphatic carbocycles. The zero-order valence-electron chi connectivity index (χ0n) is 15.0. The fourth-order valence-corrected chi connectivity index (χ4v) is 4.69. The van der Waals surface area contributed by atoms with Crippen molar-refractivity contribution >= 4 is 39.2 Å². The van der Waals surface area contributed by atoms with Crippen molar-refractivity contribution in [3.8, 4) is 0 Å². The summed E-state index contributed by atoms with van der Waals surface area (Å²) in [6, 6.07) is 9.79. The molecule has 1 saturated carbocycles. The van der Waals surface area contributed by atoms with Gasteiger partial charge in [0.25, 0.3) is 5.91 Å². The Morgan fingerprint density at radius 2 is 2.15 bits per heavy atom. The predicted molar refractivity (Wildman–Crippen MR) is 105 cm³/mol. The predicted octanol–water partition coefficient (Wildman–Crippen LogP) is 3.42. The summed E-state index contributed by atoms with van der Waals surface area (Å²) in [5.74, 6) is 0.678. The Morgan fingerprint density at radius 3 is 2.93 bits per heavy atom. The highest BCUT2D eigenvalue weighted by Crippen LogP contribution is 2.39. The summed E-state index contributed by atoms with van der Waals surface area (Å²) >= 11 is 1.48. The maximum Gasteiger partial charge on any atom is 0.270 e. The molecule has 1 aliphatic heterocycles. The molecule has 2 atom stereocenters. The minimum absolute atomic E-state index is 0.00245. The van der Waals surface area contributed by atoms with Crippen LogP contribution in [0.3, 0.4) is 0 Å². The second-order valence-electron chi connectivity index (χ2n) is 7.44. The number of aromatic amines is 1. The van der Waals surface area contributed by atoms with Crippen LogP contribution >= 0.6 is 11.3 Å². The van der Waals surface area contributed by atoms with Crippen molar-refractivity contribution in [3.05, 3.63) is 46.6 Å². The fraction of sp³-hybridized carbons (Fsp3) is 0.350. The van der Waals surface area contributed by atoms with Crippen molar-refractivity contribution in [3.63, 3.8) is 0 Å². The molecule has 2 unspecified atom stereocenters. The molecule has 2 amide bonds. The van der Waals surface area contributed by atoms with Gasteiger partial charge in [0.15, 0.2) is 5.13 Å². The number of nitrogens with zero attached hydrogens (tertiary/aromatic N) is 2. The number of carbonyl (C=O) groups excluding carboxylic acids is 2. The molecule has 3 heterocycles. The first kappa shape index (κ1) is 16.5. The van der Waals surface area contributed by atoms with Crippen LogP contribution < -0.4 is 5.32 Å². The van der Waals surface area contributed by atoms with Gasteiger partial charge in [0.2, 0.25) is 5.91 Å². The molecule has 138 valence electrons. The maximum atomic E-state index is 12.9. The molecule has 6 nitrogen and oxygen atoms in total. The quantitative estimate of drug-likeness (QED) is 0.731. The molecule has 0 saturated heterocycles. The van der Waals surface area contributed by atoms with Crippen LogP contribution in [0, 0.1) is 11.8 Å². The van der Waals surface area contributed by atoms with Crippen molar-refractivity contribution < 1.29 is 9.59 Å². The summed E-state index contributed by atoms with van der Waals surface area (Å²) in [7, 11) is 0. The SMILES string of the molecule is CC1CC1C(=O)Nc1nc2c(s1)CN(C(=O)c1cc3ccccc3[nH]1)CC2. The number of hydrogen-bond donors (Lipinski definition) is 2. The van der Waals surface area contributed by atoms with E-state index in [4.69, 9.17) is 0 Å². The van der Waals surface area contributed by atoms with Crippen LogP contribution in [0.15, 0.2) is 30.3 Å². The molecule has 0 radical (unpaired) electrons. The van der Waals surface area contributed by atoms with E-state index in [0.717, 1.165) is 27.9 Å². The molecule has 27 heavy (non-hydrogen) atoms. The molecular weight excluding hydrogens is 360 g/mol. The topological polar surface area (TPSA) is 78.1 Å². The molecule has 1 fully saturated rings. The Balaban J connectivity index is 1.31. The van der Waals surface area contributed by atoms with E-state index in [1.165, 1.54) is 11.3 Å². The number of fused-ring (bicyclic) bond motifs is 2. The molecule has 2 aromatic heterocycles. The molecular formula is C20H20N4O2S. The van der Waals surface area contributed by atoms with Gasteiger partial charge in [-0.3, -0.25) is 9.59 Å². The van der Waals surface area contributed by atoms with E-state index >= 15 is 0 Å². The first-order valence-electron chi connectivity index (χ1n) is 9.25. The van der Waals surface area contributed by atoms with Crippen molar-refractivity contribution in [1.29, 1.82) is 0 Å². The number of aromatic nitrogens is 2. The number of para-hydroxylation sites is 1. The van der Waals surface area contributed by atoms with Gasteiger partial charge in [-0.05, 0) is 24.5 Å². The maximum absolute atomic E-state index is 12.9. The van der Waals surface area contributed by atoms with Gasteiger partial charge in [-0.1, -0.05) is 36.5 Å². The first-order valence-corrected chi connectivity index (χ1v) is 10.1. The third-order valence-electron chi connectivity index (χ3n) is 5.46. The Hall–Kier alpha value is -2.67. The van der Waals surface area contributed by atoms with Gasteiger partial charge in [-0.2, -0.15) is 0 Å². The lowest BCUT2D eigenvalue weighted by molar-refractivity contribution is -0.117. The Kier molecular flexibility index (Phi) is 3.79. The fourth-order valence-electron chi connectivity index (χ4n) is 3.67. The van der Waals surface area contributed by atoms with Crippen molar-refractivity contribution in [2.45, 2.75) is 26.3 Å². The Morgan fingerprint density at radius 1 is 1.33 bits per heavy atom. The van der Waals surface area contributed by atoms with E-state index in [-0.39, 0.29) is 17.7 Å². The van der Waals surface area contributed by atoms with E-state index in [2.05, 4.69) is 22.2 Å². The first-order chi connectivity index (χ1) is 13.1. The number of benzene rings is 1. The van der Waals surface area contributed by atoms with Gasteiger partial charge in [-0.15, -0.1) is 0 Å². The molecule has 7 heteroatoms. The number of thiazole rings is 1. The number of carbonyl (C=O) groups is 2. The highest BCUT2D eigenvalue weighted by Gasteiger charge is 2.39. The largest absolute Gasteiger partial charge is 0.351 e. The number of hydrogen-bond acceptors (Lipinski definition) is 4. The summed E-state index contributed by atoms with van der Waals surface area (Å²) < 4.78 is 0. The summed E-state index contributed by atoms with van der Waals surface area (Å²) in [6.45, 7) is 3.26. The lowest BCUT2D eigenvalue weighted by Crippen LogP contribution is -2.35. The van der Waals surface area contributed by atoms with Crippen molar-refractivity contribution in [2.75, 3.05) is 11.9 Å². The third kappa shape index (κ3) is 3.02. The Bertz CT molecular complexity index is 1020. The number of rotatable bonds is 3. The molecule has 2 N–H and O–H groups in total. The normalized spacial score (nSPS) is 21.1. The molecule has 1 aromatic carbocycles. The smallest absolute Gasteiger partial charge is 0.270 e. The highest BCUT2D eigenvalue weighted by atomic mass is 32.1. The molecule has 5 rings (SSSR count). The lowest BCUT2D eigenvalue weighted by atomic mass is 10.1. The average Bonchev–Trinajstić information content (AvgIpc) is 3.08. The van der Waals surface area contributed by atoms with E-state index in [0.29, 0.717) is 36.3 Å². The van der Waals surface area contributed by atoms with E-state index in [1.807, 2.05) is 35.2 Å². The average molecular weight is 380 g/mol. The van der Waals surface area contributed by atoms with Gasteiger partial charge in [0.05, 0.1) is 12.2 Å². The van der Waals surface area contributed by atoms with E-state index in [1.54, 1.807) is 0 Å². The van der Waals surface area contributed by atoms with E-state index in [9.17, 15) is 9.59 Å². The monoisotopic (exact) mass is 380 g/mol. The van der Waals surface area contributed by atoms with Crippen LogP contribution in [0.4, 0.5) is 5.13 Å². The van der Waals surface area contributed by atoms with Crippen LogP contribution in [0.5, 0.6) is 0 Å². The van der Waals surface area contributed by atoms with Gasteiger partial charge >= 0.3 is 0 Å². The molecule has 2 aliphatic rings. The molecule has 3 aromatic rings. The van der Waals surface area contributed by atoms with Crippen molar-refractivity contribution in [2.24, 2.45) is 11.8 Å². The zero-order chi connectivity index (χ0) is 18.5. The minimum Gasteiger partial charge on any atom is -0.351 e. The molecule has 0 spiro atoms. The second-order valence-corrected chi connectivity index (χ2v) is 8.53. The molecule has 0 bridgehead atoms. The van der Waals surface area contributed by atoms with Gasteiger partial charge in [0.1, 0.15) is 5.69 Å². The summed E-state index contributed by atoms with van der Waals surface area (Å²) in [6.07, 6.45) is 1.68. The highest BCUT2D eigenvalue weighted by molar-refractivity contribution is 7.15. The minimum atomic E-state index is 0.00245. The Labute approximate surface area is 160 Å². The van der Waals surface area contributed by atoms with Crippen LogP contribution in [0.1, 0.15) is 34.4 Å². The number of anilines is 1. The van der Waals surface area contributed by atoms with Gasteiger partial charge in [0, 0.05) is 34.7 Å². The van der Waals surface area contributed by atoms with Crippen LogP contribution in [0.2, 0.25) is 0 Å². The summed E-state index contributed by atoms with van der Waals surface area (Å²) in [5.41, 5.74) is 2.58.